The average molecular weight is 226 g/mol. The maximum Gasteiger partial charge on any atom is 0.397 e. The van der Waals surface area contributed by atoms with E-state index in [2.05, 4.69) is 4.18 Å². The molecule has 0 aliphatic carbocycles. The van der Waals surface area contributed by atoms with Crippen molar-refractivity contribution in [1.29, 1.82) is 0 Å². The molecule has 0 unspecified atom stereocenters. The van der Waals surface area contributed by atoms with Gasteiger partial charge in [-0.1, -0.05) is 13.8 Å². The lowest BCUT2D eigenvalue weighted by atomic mass is 10.0. The highest BCUT2D eigenvalue weighted by molar-refractivity contribution is 7.80. The van der Waals surface area contributed by atoms with E-state index in [1.807, 2.05) is 13.8 Å². The maximum atomic E-state index is 10.5. The van der Waals surface area contributed by atoms with Gasteiger partial charge in [0, 0.05) is 6.61 Å². The van der Waals surface area contributed by atoms with Crippen LogP contribution in [0.3, 0.4) is 0 Å². The molecular formula is C8H18O5S. The fourth-order valence-corrected chi connectivity index (χ4v) is 1.74. The van der Waals surface area contributed by atoms with Gasteiger partial charge in [-0.05, 0) is 25.2 Å². The molecule has 1 atom stereocenters. The molecule has 14 heavy (non-hydrogen) atoms. The monoisotopic (exact) mass is 226 g/mol. The first-order valence-corrected chi connectivity index (χ1v) is 5.98. The molecule has 0 heterocycles. The first-order valence-electron chi connectivity index (χ1n) is 4.61. The summed E-state index contributed by atoms with van der Waals surface area (Å²) in [4.78, 5) is 0. The molecule has 0 aromatic carbocycles. The fourth-order valence-electron chi connectivity index (χ4n) is 1.22. The second kappa shape index (κ2) is 6.34. The Bertz CT molecular complexity index is 234. The summed E-state index contributed by atoms with van der Waals surface area (Å²) in [7, 11) is -4.38. The second-order valence-corrected chi connectivity index (χ2v) is 4.69. The highest BCUT2D eigenvalue weighted by Gasteiger charge is 2.17. The lowest BCUT2D eigenvalue weighted by Gasteiger charge is -2.16. The van der Waals surface area contributed by atoms with Gasteiger partial charge in [-0.15, -0.1) is 0 Å². The van der Waals surface area contributed by atoms with Crippen LogP contribution in [0.5, 0.6) is 0 Å². The first kappa shape index (κ1) is 13.8. The van der Waals surface area contributed by atoms with E-state index >= 15 is 0 Å². The third-order valence-electron chi connectivity index (χ3n) is 1.68. The van der Waals surface area contributed by atoms with Gasteiger partial charge in [0.2, 0.25) is 0 Å². The molecule has 0 spiro atoms. The summed E-state index contributed by atoms with van der Waals surface area (Å²) in [6.45, 7) is 3.85. The molecule has 0 amide bonds. The zero-order valence-corrected chi connectivity index (χ0v) is 9.33. The minimum atomic E-state index is -4.38. The van der Waals surface area contributed by atoms with Crippen LogP contribution in [0.4, 0.5) is 0 Å². The van der Waals surface area contributed by atoms with Crippen LogP contribution >= 0.6 is 0 Å². The molecule has 0 aliphatic rings. The summed E-state index contributed by atoms with van der Waals surface area (Å²) in [5.41, 5.74) is 0. The average Bonchev–Trinajstić information content (AvgIpc) is 1.96. The molecule has 86 valence electrons. The minimum absolute atomic E-state index is 0.0105. The van der Waals surface area contributed by atoms with Crippen LogP contribution in [0.25, 0.3) is 0 Å². The Morgan fingerprint density at radius 2 is 1.93 bits per heavy atom. The summed E-state index contributed by atoms with van der Waals surface area (Å²) in [6, 6.07) is 0. The van der Waals surface area contributed by atoms with E-state index in [0.717, 1.165) is 0 Å². The summed E-state index contributed by atoms with van der Waals surface area (Å²) in [5, 5.41) is 8.58. The molecule has 0 aromatic heterocycles. The topological polar surface area (TPSA) is 83.8 Å². The molecule has 2 N–H and O–H groups in total. The van der Waals surface area contributed by atoms with Crippen molar-refractivity contribution in [3.63, 3.8) is 0 Å². The zero-order valence-electron chi connectivity index (χ0n) is 8.51. The van der Waals surface area contributed by atoms with E-state index < -0.39 is 16.5 Å². The van der Waals surface area contributed by atoms with Gasteiger partial charge in [0.05, 0.1) is 6.10 Å². The molecule has 0 bridgehead atoms. The standard InChI is InChI=1S/C8H18O5S/c1-7(2)6-8(4-3-5-9)13-14(10,11)12/h7-9H,3-6H2,1-2H3,(H,10,11,12)/t8-/m1/s1. The van der Waals surface area contributed by atoms with Crippen LogP contribution in [-0.2, 0) is 14.6 Å². The van der Waals surface area contributed by atoms with Crippen molar-refractivity contribution in [2.75, 3.05) is 6.61 Å². The van der Waals surface area contributed by atoms with Crippen LogP contribution in [-0.4, -0.2) is 30.8 Å². The lowest BCUT2D eigenvalue weighted by Crippen LogP contribution is -2.20. The van der Waals surface area contributed by atoms with E-state index in [1.165, 1.54) is 0 Å². The normalized spacial score (nSPS) is 14.6. The zero-order chi connectivity index (χ0) is 11.2. The smallest absolute Gasteiger partial charge is 0.396 e. The molecule has 0 fully saturated rings. The van der Waals surface area contributed by atoms with Crippen molar-refractivity contribution in [2.24, 2.45) is 5.92 Å². The first-order chi connectivity index (χ1) is 6.35. The van der Waals surface area contributed by atoms with Crippen LogP contribution < -0.4 is 0 Å². The molecule has 0 aromatic rings. The van der Waals surface area contributed by atoms with Gasteiger partial charge >= 0.3 is 10.4 Å². The molecule has 0 aliphatic heterocycles. The number of aliphatic hydroxyl groups is 1. The Hall–Kier alpha value is -0.170. The highest BCUT2D eigenvalue weighted by Crippen LogP contribution is 2.15. The summed E-state index contributed by atoms with van der Waals surface area (Å²) < 4.78 is 33.9. The maximum absolute atomic E-state index is 10.5. The van der Waals surface area contributed by atoms with Crippen molar-refractivity contribution >= 4 is 10.4 Å². The van der Waals surface area contributed by atoms with E-state index in [9.17, 15) is 8.42 Å². The van der Waals surface area contributed by atoms with Gasteiger partial charge in [0.1, 0.15) is 0 Å². The Morgan fingerprint density at radius 1 is 1.36 bits per heavy atom. The van der Waals surface area contributed by atoms with Crippen LogP contribution in [0.1, 0.15) is 33.1 Å². The molecule has 6 heteroatoms. The lowest BCUT2D eigenvalue weighted by molar-refractivity contribution is 0.139. The Labute approximate surface area is 85.0 Å². The van der Waals surface area contributed by atoms with Crippen molar-refractivity contribution in [2.45, 2.75) is 39.2 Å². The van der Waals surface area contributed by atoms with E-state index in [4.69, 9.17) is 9.66 Å². The van der Waals surface area contributed by atoms with Crippen molar-refractivity contribution in [3.05, 3.63) is 0 Å². The summed E-state index contributed by atoms with van der Waals surface area (Å²) >= 11 is 0. The van der Waals surface area contributed by atoms with Gasteiger partial charge < -0.3 is 5.11 Å². The van der Waals surface area contributed by atoms with Gasteiger partial charge in [-0.25, -0.2) is 4.18 Å². The summed E-state index contributed by atoms with van der Waals surface area (Å²) in [5.74, 6) is 0.278. The Balaban J connectivity index is 4.10. The van der Waals surface area contributed by atoms with Crippen LogP contribution in [0.2, 0.25) is 0 Å². The molecular weight excluding hydrogens is 208 g/mol. The minimum Gasteiger partial charge on any atom is -0.396 e. The molecule has 0 radical (unpaired) electrons. The SMILES string of the molecule is CC(C)C[C@@H](CCCO)OS(=O)(=O)O. The van der Waals surface area contributed by atoms with E-state index in [-0.39, 0.29) is 12.5 Å². The molecule has 0 rings (SSSR count). The van der Waals surface area contributed by atoms with Gasteiger partial charge in [0.15, 0.2) is 0 Å². The number of hydrogen-bond donors (Lipinski definition) is 2. The second-order valence-electron chi connectivity index (χ2n) is 3.64. The highest BCUT2D eigenvalue weighted by atomic mass is 32.3. The van der Waals surface area contributed by atoms with Crippen molar-refractivity contribution < 1.29 is 22.3 Å². The predicted molar refractivity (Wildman–Crippen MR) is 52.2 cm³/mol. The Morgan fingerprint density at radius 3 is 2.29 bits per heavy atom. The van der Waals surface area contributed by atoms with Gasteiger partial charge in [0.25, 0.3) is 0 Å². The molecule has 5 nitrogen and oxygen atoms in total. The predicted octanol–water partition coefficient (Wildman–Crippen LogP) is 0.993. The van der Waals surface area contributed by atoms with E-state index in [0.29, 0.717) is 19.3 Å². The molecule has 0 saturated heterocycles. The van der Waals surface area contributed by atoms with Crippen LogP contribution in [0.15, 0.2) is 0 Å². The van der Waals surface area contributed by atoms with Gasteiger partial charge in [-0.2, -0.15) is 8.42 Å². The fraction of sp³-hybridized carbons (Fsp3) is 1.00. The third kappa shape index (κ3) is 8.43. The van der Waals surface area contributed by atoms with Crippen molar-refractivity contribution in [3.8, 4) is 0 Å². The number of aliphatic hydroxyl groups excluding tert-OH is 1. The number of rotatable bonds is 7. The van der Waals surface area contributed by atoms with E-state index in [1.54, 1.807) is 0 Å². The molecule has 0 saturated carbocycles. The Kier molecular flexibility index (Phi) is 6.26. The third-order valence-corrected chi connectivity index (χ3v) is 2.19. The quantitative estimate of drug-likeness (QED) is 0.632. The van der Waals surface area contributed by atoms with Gasteiger partial charge in [-0.3, -0.25) is 4.55 Å². The van der Waals surface area contributed by atoms with Crippen molar-refractivity contribution in [1.82, 2.24) is 0 Å². The number of hydrogen-bond acceptors (Lipinski definition) is 4. The largest absolute Gasteiger partial charge is 0.397 e. The summed E-state index contributed by atoms with van der Waals surface area (Å²) in [6.07, 6.45) is 0.887. The van der Waals surface area contributed by atoms with Crippen LogP contribution in [0, 0.1) is 5.92 Å².